The van der Waals surface area contributed by atoms with E-state index >= 15 is 0 Å². The molecule has 1 rings (SSSR count). The molecule has 16 heavy (non-hydrogen) atoms. The van der Waals surface area contributed by atoms with Crippen molar-refractivity contribution in [2.45, 2.75) is 26.3 Å². The molecular formula is C9H17N3O2S2. The number of aromatic nitrogens is 1. The van der Waals surface area contributed by atoms with Crippen molar-refractivity contribution in [3.63, 3.8) is 0 Å². The molecule has 0 fully saturated rings. The van der Waals surface area contributed by atoms with Gasteiger partial charge in [-0.1, -0.05) is 0 Å². The summed E-state index contributed by atoms with van der Waals surface area (Å²) in [6.07, 6.45) is 0.529. The highest BCUT2D eigenvalue weighted by molar-refractivity contribution is 7.89. The molecule has 1 aromatic heterocycles. The van der Waals surface area contributed by atoms with Crippen molar-refractivity contribution in [3.05, 3.63) is 16.1 Å². The molecule has 1 heterocycles. The summed E-state index contributed by atoms with van der Waals surface area (Å²) in [5.74, 6) is 0.0222. The van der Waals surface area contributed by atoms with Crippen LogP contribution in [0.4, 0.5) is 0 Å². The van der Waals surface area contributed by atoms with Gasteiger partial charge in [0.2, 0.25) is 10.0 Å². The molecule has 0 aromatic carbocycles. The van der Waals surface area contributed by atoms with Crippen LogP contribution in [0, 0.1) is 6.92 Å². The molecule has 0 radical (unpaired) electrons. The van der Waals surface area contributed by atoms with Crippen LogP contribution in [0.5, 0.6) is 0 Å². The molecule has 0 aliphatic carbocycles. The van der Waals surface area contributed by atoms with Crippen molar-refractivity contribution < 1.29 is 8.42 Å². The topological polar surface area (TPSA) is 85.1 Å². The van der Waals surface area contributed by atoms with Crippen molar-refractivity contribution in [1.82, 2.24) is 10.3 Å². The number of primary sulfonamides is 1. The minimum Gasteiger partial charge on any atom is -0.309 e. The number of nitrogens with zero attached hydrogens (tertiary/aromatic N) is 1. The van der Waals surface area contributed by atoms with Gasteiger partial charge in [0.25, 0.3) is 0 Å². The monoisotopic (exact) mass is 263 g/mol. The second-order valence-electron chi connectivity index (χ2n) is 3.70. The SMILES string of the molecule is Cc1ncsc1C(C)NCCCS(N)(=O)=O. The fourth-order valence-corrected chi connectivity index (χ4v) is 2.79. The summed E-state index contributed by atoms with van der Waals surface area (Å²) >= 11 is 1.60. The van der Waals surface area contributed by atoms with E-state index in [-0.39, 0.29) is 11.8 Å². The molecule has 0 spiro atoms. The second-order valence-corrected chi connectivity index (χ2v) is 6.32. The van der Waals surface area contributed by atoms with Gasteiger partial charge in [-0.2, -0.15) is 0 Å². The zero-order valence-electron chi connectivity index (χ0n) is 9.43. The highest BCUT2D eigenvalue weighted by Gasteiger charge is 2.10. The number of thiazole rings is 1. The lowest BCUT2D eigenvalue weighted by Gasteiger charge is -2.12. The van der Waals surface area contributed by atoms with Gasteiger partial charge in [0.15, 0.2) is 0 Å². The van der Waals surface area contributed by atoms with Gasteiger partial charge in [-0.05, 0) is 26.8 Å². The zero-order chi connectivity index (χ0) is 12.2. The van der Waals surface area contributed by atoms with E-state index in [4.69, 9.17) is 5.14 Å². The quantitative estimate of drug-likeness (QED) is 0.743. The van der Waals surface area contributed by atoms with Crippen LogP contribution in [0.1, 0.15) is 30.0 Å². The van der Waals surface area contributed by atoms with E-state index in [0.717, 1.165) is 5.69 Å². The Morgan fingerprint density at radius 3 is 2.81 bits per heavy atom. The molecule has 1 aromatic rings. The second kappa shape index (κ2) is 5.72. The fraction of sp³-hybridized carbons (Fsp3) is 0.667. The van der Waals surface area contributed by atoms with Crippen LogP contribution in [-0.2, 0) is 10.0 Å². The maximum absolute atomic E-state index is 10.7. The van der Waals surface area contributed by atoms with E-state index in [0.29, 0.717) is 13.0 Å². The largest absolute Gasteiger partial charge is 0.309 e. The highest BCUT2D eigenvalue weighted by atomic mass is 32.2. The lowest BCUT2D eigenvalue weighted by molar-refractivity contribution is 0.563. The summed E-state index contributed by atoms with van der Waals surface area (Å²) in [5.41, 5.74) is 2.84. The number of nitrogens with two attached hydrogens (primary N) is 1. The maximum Gasteiger partial charge on any atom is 0.209 e. The predicted octanol–water partition coefficient (Wildman–Crippen LogP) is 0.781. The number of nitrogens with one attached hydrogen (secondary N) is 1. The summed E-state index contributed by atoms with van der Waals surface area (Å²) in [5, 5.41) is 8.16. The lowest BCUT2D eigenvalue weighted by atomic mass is 10.2. The Bertz CT molecular complexity index is 428. The molecule has 0 aliphatic heterocycles. The third kappa shape index (κ3) is 4.56. The Morgan fingerprint density at radius 2 is 2.31 bits per heavy atom. The van der Waals surface area contributed by atoms with E-state index in [9.17, 15) is 8.42 Å². The first-order valence-electron chi connectivity index (χ1n) is 5.04. The van der Waals surface area contributed by atoms with E-state index in [1.165, 1.54) is 4.88 Å². The van der Waals surface area contributed by atoms with Crippen molar-refractivity contribution in [3.8, 4) is 0 Å². The van der Waals surface area contributed by atoms with Crippen LogP contribution < -0.4 is 10.5 Å². The van der Waals surface area contributed by atoms with Crippen molar-refractivity contribution >= 4 is 21.4 Å². The average Bonchev–Trinajstić information content (AvgIpc) is 2.57. The molecule has 3 N–H and O–H groups in total. The Labute approximate surface area is 100 Å². The van der Waals surface area contributed by atoms with Crippen molar-refractivity contribution in [1.29, 1.82) is 0 Å². The van der Waals surface area contributed by atoms with Gasteiger partial charge < -0.3 is 5.32 Å². The van der Waals surface area contributed by atoms with Crippen LogP contribution in [0.25, 0.3) is 0 Å². The fourth-order valence-electron chi connectivity index (χ4n) is 1.41. The number of aryl methyl sites for hydroxylation is 1. The van der Waals surface area contributed by atoms with Crippen LogP contribution in [0.3, 0.4) is 0 Å². The Balaban J connectivity index is 2.32. The average molecular weight is 263 g/mol. The predicted molar refractivity (Wildman–Crippen MR) is 65.9 cm³/mol. The van der Waals surface area contributed by atoms with Crippen molar-refractivity contribution in [2.75, 3.05) is 12.3 Å². The van der Waals surface area contributed by atoms with Gasteiger partial charge >= 0.3 is 0 Å². The summed E-state index contributed by atoms with van der Waals surface area (Å²) in [6.45, 7) is 4.64. The van der Waals surface area contributed by atoms with E-state index in [1.807, 2.05) is 19.4 Å². The summed E-state index contributed by atoms with van der Waals surface area (Å²) in [6, 6.07) is 0.202. The maximum atomic E-state index is 10.7. The molecule has 5 nitrogen and oxygen atoms in total. The highest BCUT2D eigenvalue weighted by Crippen LogP contribution is 2.20. The van der Waals surface area contributed by atoms with E-state index < -0.39 is 10.0 Å². The van der Waals surface area contributed by atoms with Crippen LogP contribution in [-0.4, -0.2) is 25.7 Å². The molecule has 0 amide bonds. The molecule has 7 heteroatoms. The number of rotatable bonds is 6. The molecule has 0 aliphatic rings. The Morgan fingerprint density at radius 1 is 1.62 bits per heavy atom. The van der Waals surface area contributed by atoms with Gasteiger partial charge in [-0.15, -0.1) is 11.3 Å². The van der Waals surface area contributed by atoms with Crippen LogP contribution >= 0.6 is 11.3 Å². The molecule has 0 saturated heterocycles. The number of hydrogen-bond donors (Lipinski definition) is 2. The van der Waals surface area contributed by atoms with Crippen LogP contribution in [0.15, 0.2) is 5.51 Å². The van der Waals surface area contributed by atoms with E-state index in [2.05, 4.69) is 10.3 Å². The summed E-state index contributed by atoms with van der Waals surface area (Å²) < 4.78 is 21.4. The smallest absolute Gasteiger partial charge is 0.209 e. The molecule has 1 unspecified atom stereocenters. The number of hydrogen-bond acceptors (Lipinski definition) is 5. The molecule has 92 valence electrons. The van der Waals surface area contributed by atoms with Gasteiger partial charge in [-0.3, -0.25) is 0 Å². The molecule has 0 saturated carbocycles. The molecular weight excluding hydrogens is 246 g/mol. The molecule has 1 atom stereocenters. The minimum absolute atomic E-state index is 0.0222. The van der Waals surface area contributed by atoms with Gasteiger partial charge in [0.05, 0.1) is 17.0 Å². The lowest BCUT2D eigenvalue weighted by Crippen LogP contribution is -2.24. The van der Waals surface area contributed by atoms with Gasteiger partial charge in [-0.25, -0.2) is 18.5 Å². The van der Waals surface area contributed by atoms with Crippen molar-refractivity contribution in [2.24, 2.45) is 5.14 Å². The minimum atomic E-state index is -3.33. The van der Waals surface area contributed by atoms with Gasteiger partial charge in [0.1, 0.15) is 0 Å². The Hall–Kier alpha value is -0.500. The van der Waals surface area contributed by atoms with E-state index in [1.54, 1.807) is 11.3 Å². The standard InChI is InChI=1S/C9H17N3O2S2/c1-7(9-8(2)12-6-15-9)11-4-3-5-16(10,13)14/h6-7,11H,3-5H2,1-2H3,(H2,10,13,14). The molecule has 0 bridgehead atoms. The third-order valence-electron chi connectivity index (χ3n) is 2.23. The first-order chi connectivity index (χ1) is 7.40. The summed E-state index contributed by atoms with van der Waals surface area (Å²) in [7, 11) is -3.33. The Kier molecular flexibility index (Phi) is 4.85. The first-order valence-corrected chi connectivity index (χ1v) is 7.63. The number of sulfonamides is 1. The normalized spacial score (nSPS) is 13.9. The zero-order valence-corrected chi connectivity index (χ0v) is 11.1. The van der Waals surface area contributed by atoms with Crippen LogP contribution in [0.2, 0.25) is 0 Å². The first kappa shape index (κ1) is 13.6. The summed E-state index contributed by atoms with van der Waals surface area (Å²) in [4.78, 5) is 5.36. The third-order valence-corrected chi connectivity index (χ3v) is 4.20. The van der Waals surface area contributed by atoms with Gasteiger partial charge in [0, 0.05) is 10.9 Å².